The van der Waals surface area contributed by atoms with Gasteiger partial charge >= 0.3 is 0 Å². The summed E-state index contributed by atoms with van der Waals surface area (Å²) in [7, 11) is 0. The van der Waals surface area contributed by atoms with Crippen LogP contribution in [0, 0.1) is 11.3 Å². The van der Waals surface area contributed by atoms with Crippen LogP contribution in [0.25, 0.3) is 11.1 Å². The third-order valence-corrected chi connectivity index (χ3v) is 2.14. The molecule has 2 aromatic heterocycles. The van der Waals surface area contributed by atoms with Crippen LogP contribution in [-0.4, -0.2) is 14.7 Å². The highest BCUT2D eigenvalue weighted by atomic mass is 16.3. The number of rotatable bonds is 2. The summed E-state index contributed by atoms with van der Waals surface area (Å²) in [5.74, 6) is 0. The van der Waals surface area contributed by atoms with Crippen molar-refractivity contribution in [3.63, 3.8) is 0 Å². The van der Waals surface area contributed by atoms with E-state index < -0.39 is 0 Å². The first-order chi connectivity index (χ1) is 7.35. The minimum absolute atomic E-state index is 0.130. The summed E-state index contributed by atoms with van der Waals surface area (Å²) >= 11 is 0. The Bertz CT molecular complexity index is 496. The summed E-state index contributed by atoms with van der Waals surface area (Å²) in [6.07, 6.45) is 6.72. The third-order valence-electron chi connectivity index (χ3n) is 2.14. The molecule has 0 spiro atoms. The Balaban J connectivity index is 2.53. The molecule has 2 heterocycles. The molecule has 15 heavy (non-hydrogen) atoms. The first-order valence-corrected chi connectivity index (χ1v) is 4.46. The first-order valence-electron chi connectivity index (χ1n) is 4.46. The van der Waals surface area contributed by atoms with Gasteiger partial charge in [-0.3, -0.25) is 4.98 Å². The van der Waals surface area contributed by atoms with E-state index in [0.717, 1.165) is 11.1 Å². The fourth-order valence-electron chi connectivity index (χ4n) is 1.43. The highest BCUT2D eigenvalue weighted by molar-refractivity contribution is 5.69. The minimum Gasteiger partial charge on any atom is -0.376 e. The molecule has 1 N–H and O–H groups in total. The van der Waals surface area contributed by atoms with Gasteiger partial charge in [0.15, 0.2) is 0 Å². The van der Waals surface area contributed by atoms with Gasteiger partial charge in [-0.25, -0.2) is 0 Å². The molecule has 74 valence electrons. The molecule has 0 unspecified atom stereocenters. The standard InChI is InChI=1S/C11H9N3O/c12-4-10-6-14(8-15)7-11(10)9-2-1-3-13-5-9/h1-3,5-7,15H,8H2. The molecule has 2 aromatic rings. The molecule has 0 aliphatic carbocycles. The van der Waals surface area contributed by atoms with Crippen LogP contribution in [0.5, 0.6) is 0 Å². The normalized spacial score (nSPS) is 9.87. The molecule has 0 aliphatic heterocycles. The van der Waals surface area contributed by atoms with E-state index in [2.05, 4.69) is 11.1 Å². The Morgan fingerprint density at radius 2 is 2.33 bits per heavy atom. The van der Waals surface area contributed by atoms with Crippen LogP contribution < -0.4 is 0 Å². The molecule has 0 aliphatic rings. The van der Waals surface area contributed by atoms with Crippen molar-refractivity contribution in [2.45, 2.75) is 6.73 Å². The van der Waals surface area contributed by atoms with Crippen LogP contribution in [0.2, 0.25) is 0 Å². The van der Waals surface area contributed by atoms with Crippen molar-refractivity contribution in [2.75, 3.05) is 0 Å². The number of nitriles is 1. The number of hydrogen-bond acceptors (Lipinski definition) is 3. The molecule has 0 atom stereocenters. The van der Waals surface area contributed by atoms with Crippen molar-refractivity contribution < 1.29 is 5.11 Å². The summed E-state index contributed by atoms with van der Waals surface area (Å²) in [6, 6.07) is 5.78. The van der Waals surface area contributed by atoms with Gasteiger partial charge in [0.2, 0.25) is 0 Å². The smallest absolute Gasteiger partial charge is 0.119 e. The minimum atomic E-state index is -0.130. The zero-order valence-corrected chi connectivity index (χ0v) is 7.96. The lowest BCUT2D eigenvalue weighted by Gasteiger charge is -1.96. The zero-order chi connectivity index (χ0) is 10.7. The second-order valence-electron chi connectivity index (χ2n) is 3.09. The van der Waals surface area contributed by atoms with E-state index in [0.29, 0.717) is 5.56 Å². The van der Waals surface area contributed by atoms with E-state index >= 15 is 0 Å². The Hall–Kier alpha value is -2.12. The average molecular weight is 199 g/mol. The van der Waals surface area contributed by atoms with Gasteiger partial charge in [0, 0.05) is 35.9 Å². The topological polar surface area (TPSA) is 61.8 Å². The Kier molecular flexibility index (Phi) is 2.48. The fraction of sp³-hybridized carbons (Fsp3) is 0.0909. The van der Waals surface area contributed by atoms with Crippen LogP contribution in [0.15, 0.2) is 36.9 Å². The van der Waals surface area contributed by atoms with Crippen LogP contribution >= 0.6 is 0 Å². The predicted octanol–water partition coefficient (Wildman–Crippen LogP) is 1.37. The van der Waals surface area contributed by atoms with Crippen LogP contribution in [0.3, 0.4) is 0 Å². The number of hydrogen-bond donors (Lipinski definition) is 1. The quantitative estimate of drug-likeness (QED) is 0.794. The lowest BCUT2D eigenvalue weighted by molar-refractivity contribution is 0.211. The second kappa shape index (κ2) is 3.95. The fourth-order valence-corrected chi connectivity index (χ4v) is 1.43. The lowest BCUT2D eigenvalue weighted by atomic mass is 10.1. The zero-order valence-electron chi connectivity index (χ0n) is 7.96. The molecule has 0 amide bonds. The van der Waals surface area contributed by atoms with E-state index in [1.165, 1.54) is 0 Å². The van der Waals surface area contributed by atoms with Crippen LogP contribution in [0.4, 0.5) is 0 Å². The molecule has 0 fully saturated rings. The summed E-state index contributed by atoms with van der Waals surface area (Å²) in [4.78, 5) is 3.99. The average Bonchev–Trinajstić information content (AvgIpc) is 2.73. The van der Waals surface area contributed by atoms with Crippen LogP contribution in [-0.2, 0) is 6.73 Å². The van der Waals surface area contributed by atoms with Crippen molar-refractivity contribution in [2.24, 2.45) is 0 Å². The number of aliphatic hydroxyl groups is 1. The predicted molar refractivity (Wildman–Crippen MR) is 54.6 cm³/mol. The summed E-state index contributed by atoms with van der Waals surface area (Å²) < 4.78 is 1.56. The Labute approximate surface area is 87.0 Å². The van der Waals surface area contributed by atoms with E-state index in [9.17, 15) is 0 Å². The molecule has 0 saturated carbocycles. The first kappa shape index (κ1) is 9.44. The number of pyridine rings is 1. The summed E-state index contributed by atoms with van der Waals surface area (Å²) in [5.41, 5.74) is 2.21. The largest absolute Gasteiger partial charge is 0.376 e. The maximum atomic E-state index is 8.96. The molecular weight excluding hydrogens is 190 g/mol. The van der Waals surface area contributed by atoms with Crippen LogP contribution in [0.1, 0.15) is 5.56 Å². The molecular formula is C11H9N3O. The van der Waals surface area contributed by atoms with E-state index in [1.807, 2.05) is 12.1 Å². The Morgan fingerprint density at radius 1 is 1.47 bits per heavy atom. The SMILES string of the molecule is N#Cc1cn(CO)cc1-c1cccnc1. The van der Waals surface area contributed by atoms with Crippen molar-refractivity contribution >= 4 is 0 Å². The van der Waals surface area contributed by atoms with Crippen molar-refractivity contribution in [1.82, 2.24) is 9.55 Å². The lowest BCUT2D eigenvalue weighted by Crippen LogP contribution is -1.90. The third kappa shape index (κ3) is 1.73. The van der Waals surface area contributed by atoms with Gasteiger partial charge in [0.25, 0.3) is 0 Å². The van der Waals surface area contributed by atoms with E-state index in [4.69, 9.17) is 10.4 Å². The molecule has 4 nitrogen and oxygen atoms in total. The van der Waals surface area contributed by atoms with E-state index in [-0.39, 0.29) is 6.73 Å². The van der Waals surface area contributed by atoms with Crippen molar-refractivity contribution in [3.05, 3.63) is 42.5 Å². The van der Waals surface area contributed by atoms with Gasteiger partial charge < -0.3 is 9.67 Å². The number of nitrogens with zero attached hydrogens (tertiary/aromatic N) is 3. The van der Waals surface area contributed by atoms with Crippen molar-refractivity contribution in [3.8, 4) is 17.2 Å². The molecule has 4 heteroatoms. The number of aliphatic hydroxyl groups excluding tert-OH is 1. The molecule has 0 bridgehead atoms. The Morgan fingerprint density at radius 3 is 2.93 bits per heavy atom. The highest BCUT2D eigenvalue weighted by Gasteiger charge is 2.07. The molecule has 0 saturated heterocycles. The van der Waals surface area contributed by atoms with Gasteiger partial charge in [-0.05, 0) is 6.07 Å². The maximum absolute atomic E-state index is 8.96. The van der Waals surface area contributed by atoms with Gasteiger partial charge in [-0.1, -0.05) is 6.07 Å². The molecule has 0 aromatic carbocycles. The second-order valence-corrected chi connectivity index (χ2v) is 3.09. The van der Waals surface area contributed by atoms with E-state index in [1.54, 1.807) is 29.4 Å². The summed E-state index contributed by atoms with van der Waals surface area (Å²) in [5, 5.41) is 17.9. The van der Waals surface area contributed by atoms with Gasteiger partial charge in [-0.2, -0.15) is 5.26 Å². The van der Waals surface area contributed by atoms with Gasteiger partial charge in [-0.15, -0.1) is 0 Å². The monoisotopic (exact) mass is 199 g/mol. The maximum Gasteiger partial charge on any atom is 0.119 e. The number of aromatic nitrogens is 2. The van der Waals surface area contributed by atoms with Gasteiger partial charge in [0.1, 0.15) is 12.8 Å². The van der Waals surface area contributed by atoms with Crippen molar-refractivity contribution in [1.29, 1.82) is 5.26 Å². The summed E-state index contributed by atoms with van der Waals surface area (Å²) in [6.45, 7) is -0.130. The van der Waals surface area contributed by atoms with Gasteiger partial charge in [0.05, 0.1) is 5.56 Å². The highest BCUT2D eigenvalue weighted by Crippen LogP contribution is 2.23. The molecule has 2 rings (SSSR count). The molecule has 0 radical (unpaired) electrons.